The quantitative estimate of drug-likeness (QED) is 0.192. The highest BCUT2D eigenvalue weighted by Crippen LogP contribution is 2.38. The predicted molar refractivity (Wildman–Crippen MR) is 131 cm³/mol. The molecule has 0 radical (unpaired) electrons. The lowest BCUT2D eigenvalue weighted by Crippen LogP contribution is -2.15. The van der Waals surface area contributed by atoms with Crippen LogP contribution in [-0.2, 0) is 6.42 Å². The topological polar surface area (TPSA) is 0 Å². The van der Waals surface area contributed by atoms with Gasteiger partial charge in [0.15, 0.2) is 23.3 Å². The minimum atomic E-state index is -2.45. The van der Waals surface area contributed by atoms with Crippen LogP contribution in [-0.4, -0.2) is 0 Å². The lowest BCUT2D eigenvalue weighted by Gasteiger charge is -2.29. The number of hydrogen-bond acceptors (Lipinski definition) is 0. The van der Waals surface area contributed by atoms with E-state index in [9.17, 15) is 30.7 Å². The van der Waals surface area contributed by atoms with Crippen molar-refractivity contribution in [2.45, 2.75) is 70.1 Å². The van der Waals surface area contributed by atoms with Crippen LogP contribution >= 0.6 is 0 Å². The maximum Gasteiger partial charge on any atom is 0.306 e. The third kappa shape index (κ3) is 7.05. The van der Waals surface area contributed by atoms with Crippen LogP contribution in [0.1, 0.15) is 80.4 Å². The van der Waals surface area contributed by atoms with E-state index in [0.29, 0.717) is 35.3 Å². The van der Waals surface area contributed by atoms with Crippen LogP contribution in [0.3, 0.4) is 0 Å². The SMILES string of the molecule is FC(F)=C(F)c1ccc(CCC2CCC(/C=C/C3CCC(c4cc(F)c(F)c(F)c4)CC3)CC2)c(F)c1. The third-order valence-electron chi connectivity index (χ3n) is 8.09. The van der Waals surface area contributed by atoms with Crippen LogP contribution in [0.2, 0.25) is 0 Å². The van der Waals surface area contributed by atoms with Gasteiger partial charge in [-0.15, -0.1) is 0 Å². The van der Waals surface area contributed by atoms with Crippen molar-refractivity contribution in [3.8, 4) is 0 Å². The summed E-state index contributed by atoms with van der Waals surface area (Å²) in [5.74, 6) is -4.59. The molecule has 0 nitrogen and oxygen atoms in total. The van der Waals surface area contributed by atoms with Gasteiger partial charge in [-0.05, 0) is 117 Å². The monoisotopic (exact) mass is 524 g/mol. The van der Waals surface area contributed by atoms with E-state index in [4.69, 9.17) is 0 Å². The van der Waals surface area contributed by atoms with Crippen LogP contribution in [0.4, 0.5) is 30.7 Å². The van der Waals surface area contributed by atoms with Crippen molar-refractivity contribution < 1.29 is 30.7 Å². The second kappa shape index (κ2) is 12.3. The highest BCUT2D eigenvalue weighted by atomic mass is 19.3. The summed E-state index contributed by atoms with van der Waals surface area (Å²) in [4.78, 5) is 0. The minimum absolute atomic E-state index is 0.0473. The maximum absolute atomic E-state index is 14.2. The van der Waals surface area contributed by atoms with Crippen LogP contribution in [0.5, 0.6) is 0 Å². The fourth-order valence-corrected chi connectivity index (χ4v) is 5.79. The second-order valence-electron chi connectivity index (χ2n) is 10.5. The summed E-state index contributed by atoms with van der Waals surface area (Å²) < 4.78 is 92.7. The normalized spacial score (nSPS) is 24.4. The summed E-state index contributed by atoms with van der Waals surface area (Å²) in [5, 5.41) is 0. The van der Waals surface area contributed by atoms with Gasteiger partial charge in [0.1, 0.15) is 5.82 Å². The number of aryl methyl sites for hydroxylation is 1. The summed E-state index contributed by atoms with van der Waals surface area (Å²) in [6, 6.07) is 5.64. The number of benzene rings is 2. The Morgan fingerprint density at radius 2 is 1.27 bits per heavy atom. The second-order valence-corrected chi connectivity index (χ2v) is 10.5. The molecule has 0 aromatic heterocycles. The first-order valence-corrected chi connectivity index (χ1v) is 13.0. The number of halogens is 7. The van der Waals surface area contributed by atoms with E-state index in [1.165, 1.54) is 12.1 Å². The molecule has 0 heterocycles. The smallest absolute Gasteiger partial charge is 0.207 e. The van der Waals surface area contributed by atoms with Gasteiger partial charge in [0.05, 0.1) is 0 Å². The zero-order valence-corrected chi connectivity index (χ0v) is 20.6. The van der Waals surface area contributed by atoms with Gasteiger partial charge in [-0.3, -0.25) is 0 Å². The van der Waals surface area contributed by atoms with Gasteiger partial charge in [0.2, 0.25) is 0 Å². The molecule has 7 heteroatoms. The van der Waals surface area contributed by atoms with Gasteiger partial charge in [0.25, 0.3) is 0 Å². The Bertz CT molecular complexity index is 1110. The first-order valence-electron chi connectivity index (χ1n) is 13.0. The molecular formula is C30H31F7. The molecule has 2 aromatic carbocycles. The minimum Gasteiger partial charge on any atom is -0.207 e. The third-order valence-corrected chi connectivity index (χ3v) is 8.09. The first-order chi connectivity index (χ1) is 17.7. The Kier molecular flexibility index (Phi) is 9.14. The van der Waals surface area contributed by atoms with Gasteiger partial charge >= 0.3 is 6.08 Å². The molecule has 4 rings (SSSR count). The number of hydrogen-bond donors (Lipinski definition) is 0. The molecule has 0 bridgehead atoms. The molecule has 0 aliphatic heterocycles. The van der Waals surface area contributed by atoms with Crippen molar-refractivity contribution >= 4 is 5.83 Å². The van der Waals surface area contributed by atoms with Crippen molar-refractivity contribution in [3.05, 3.63) is 88.5 Å². The molecule has 0 N–H and O–H groups in total. The molecule has 2 aliphatic rings. The summed E-state index contributed by atoms with van der Waals surface area (Å²) in [6.07, 6.45) is 11.1. The standard InChI is InChI=1S/C30H31F7/c31-25-15-23(28(34)30(36)37)14-13-22(25)12-9-19-4-1-18(2-5-19)3-6-20-7-10-21(11-8-20)24-16-26(32)29(35)27(33)17-24/h3,6,13-21H,1-2,4-5,7-12H2/b6-3+. The summed E-state index contributed by atoms with van der Waals surface area (Å²) in [5.41, 5.74) is 0.505. The van der Waals surface area contributed by atoms with E-state index >= 15 is 0 Å². The molecule has 37 heavy (non-hydrogen) atoms. The molecule has 0 atom stereocenters. The van der Waals surface area contributed by atoms with E-state index in [1.54, 1.807) is 0 Å². The molecule has 2 aliphatic carbocycles. The van der Waals surface area contributed by atoms with Gasteiger partial charge in [0, 0.05) is 5.56 Å². The van der Waals surface area contributed by atoms with E-state index < -0.39 is 40.7 Å². The van der Waals surface area contributed by atoms with E-state index in [2.05, 4.69) is 12.2 Å². The highest BCUT2D eigenvalue weighted by molar-refractivity contribution is 5.59. The van der Waals surface area contributed by atoms with Gasteiger partial charge in [-0.25, -0.2) is 22.0 Å². The Labute approximate surface area is 213 Å². The largest absolute Gasteiger partial charge is 0.306 e. The Balaban J connectivity index is 1.19. The molecule has 0 amide bonds. The fraction of sp³-hybridized carbons (Fsp3) is 0.467. The summed E-state index contributed by atoms with van der Waals surface area (Å²) in [7, 11) is 0. The van der Waals surface area contributed by atoms with Crippen LogP contribution < -0.4 is 0 Å². The number of rotatable bonds is 7. The van der Waals surface area contributed by atoms with Gasteiger partial charge < -0.3 is 0 Å². The Hall–Kier alpha value is -2.57. The molecule has 2 saturated carbocycles. The fourth-order valence-electron chi connectivity index (χ4n) is 5.79. The zero-order valence-electron chi connectivity index (χ0n) is 20.6. The van der Waals surface area contributed by atoms with Crippen molar-refractivity contribution in [1.29, 1.82) is 0 Å². The van der Waals surface area contributed by atoms with Gasteiger partial charge in [-0.1, -0.05) is 24.3 Å². The lowest BCUT2D eigenvalue weighted by molar-refractivity contribution is 0.293. The van der Waals surface area contributed by atoms with E-state index in [0.717, 1.165) is 76.0 Å². The Morgan fingerprint density at radius 1 is 0.703 bits per heavy atom. The highest BCUT2D eigenvalue weighted by Gasteiger charge is 2.24. The molecule has 0 unspecified atom stereocenters. The van der Waals surface area contributed by atoms with Gasteiger partial charge in [-0.2, -0.15) is 8.78 Å². The average Bonchev–Trinajstić information content (AvgIpc) is 2.90. The van der Waals surface area contributed by atoms with Crippen LogP contribution in [0, 0.1) is 41.0 Å². The van der Waals surface area contributed by atoms with Crippen molar-refractivity contribution in [1.82, 2.24) is 0 Å². The van der Waals surface area contributed by atoms with E-state index in [-0.39, 0.29) is 5.92 Å². The summed E-state index contributed by atoms with van der Waals surface area (Å²) in [6.45, 7) is 0. The van der Waals surface area contributed by atoms with Crippen molar-refractivity contribution in [2.75, 3.05) is 0 Å². The molecule has 2 aromatic rings. The van der Waals surface area contributed by atoms with Crippen molar-refractivity contribution in [3.63, 3.8) is 0 Å². The van der Waals surface area contributed by atoms with Crippen LogP contribution in [0.25, 0.3) is 5.83 Å². The Morgan fingerprint density at radius 3 is 1.81 bits per heavy atom. The predicted octanol–water partition coefficient (Wildman–Crippen LogP) is 10.0. The zero-order chi connectivity index (χ0) is 26.5. The summed E-state index contributed by atoms with van der Waals surface area (Å²) >= 11 is 0. The number of allylic oxidation sites excluding steroid dienone is 2. The van der Waals surface area contributed by atoms with Crippen LogP contribution in [0.15, 0.2) is 48.6 Å². The molecule has 200 valence electrons. The molecule has 2 fully saturated rings. The molecular weight excluding hydrogens is 493 g/mol. The van der Waals surface area contributed by atoms with Crippen molar-refractivity contribution in [2.24, 2.45) is 17.8 Å². The maximum atomic E-state index is 14.2. The first kappa shape index (κ1) is 27.5. The molecule has 0 spiro atoms. The molecule has 0 saturated heterocycles. The average molecular weight is 525 g/mol. The lowest BCUT2D eigenvalue weighted by atomic mass is 9.76. The van der Waals surface area contributed by atoms with E-state index in [1.807, 2.05) is 0 Å².